The summed E-state index contributed by atoms with van der Waals surface area (Å²) in [6.07, 6.45) is 1.81. The molecule has 0 fully saturated rings. The first kappa shape index (κ1) is 15.3. The summed E-state index contributed by atoms with van der Waals surface area (Å²) in [6.45, 7) is 4.92. The first-order chi connectivity index (χ1) is 10.1. The van der Waals surface area contributed by atoms with Crippen molar-refractivity contribution in [2.24, 2.45) is 0 Å². The van der Waals surface area contributed by atoms with Gasteiger partial charge in [-0.2, -0.15) is 0 Å². The van der Waals surface area contributed by atoms with Crippen LogP contribution in [0.4, 0.5) is 17.5 Å². The highest BCUT2D eigenvalue weighted by molar-refractivity contribution is 7.99. The third-order valence-corrected chi connectivity index (χ3v) is 3.30. The number of nitrogens with one attached hydrogen (secondary N) is 1. The Bertz CT molecular complexity index is 573. The van der Waals surface area contributed by atoms with Crippen molar-refractivity contribution in [1.29, 1.82) is 0 Å². The summed E-state index contributed by atoms with van der Waals surface area (Å²) in [6, 6.07) is 3.40. The predicted molar refractivity (Wildman–Crippen MR) is 85.2 cm³/mol. The van der Waals surface area contributed by atoms with E-state index in [0.29, 0.717) is 16.8 Å². The molecule has 0 aliphatic carbocycles. The van der Waals surface area contributed by atoms with Crippen molar-refractivity contribution in [2.45, 2.75) is 36.9 Å². The highest BCUT2D eigenvalue weighted by atomic mass is 32.2. The summed E-state index contributed by atoms with van der Waals surface area (Å²) < 4.78 is 0. The molecule has 0 saturated heterocycles. The molecular weight excluding hydrogens is 286 g/mol. The van der Waals surface area contributed by atoms with Crippen LogP contribution in [0.5, 0.6) is 0 Å². The van der Waals surface area contributed by atoms with Gasteiger partial charge in [0, 0.05) is 25.1 Å². The number of rotatable bonds is 6. The number of aromatic nitrogens is 4. The minimum Gasteiger partial charge on any atom is -0.383 e. The van der Waals surface area contributed by atoms with Gasteiger partial charge in [0.2, 0.25) is 0 Å². The number of anilines is 3. The van der Waals surface area contributed by atoms with Gasteiger partial charge in [0.25, 0.3) is 0 Å². The SMILES string of the molecule is CCCc1nc(NCC)cc(Sc2nc(N)cc(N)n2)n1. The van der Waals surface area contributed by atoms with E-state index < -0.39 is 0 Å². The molecule has 0 aliphatic heterocycles. The van der Waals surface area contributed by atoms with E-state index in [1.54, 1.807) is 0 Å². The molecule has 0 aromatic carbocycles. The lowest BCUT2D eigenvalue weighted by Crippen LogP contribution is -2.05. The molecule has 0 atom stereocenters. The molecular formula is C13H19N7S. The molecule has 0 spiro atoms. The Morgan fingerprint density at radius 1 is 1.05 bits per heavy atom. The molecule has 0 aliphatic rings. The second-order valence-corrected chi connectivity index (χ2v) is 5.38. The second-order valence-electron chi connectivity index (χ2n) is 4.39. The molecule has 0 saturated carbocycles. The molecule has 0 unspecified atom stereocenters. The van der Waals surface area contributed by atoms with E-state index in [0.717, 1.165) is 36.1 Å². The van der Waals surface area contributed by atoms with Crippen molar-refractivity contribution in [2.75, 3.05) is 23.3 Å². The fraction of sp³-hybridized carbons (Fsp3) is 0.385. The van der Waals surface area contributed by atoms with Crippen LogP contribution < -0.4 is 16.8 Å². The number of hydrogen-bond donors (Lipinski definition) is 3. The highest BCUT2D eigenvalue weighted by Gasteiger charge is 2.08. The van der Waals surface area contributed by atoms with Crippen LogP contribution in [0.25, 0.3) is 0 Å². The maximum Gasteiger partial charge on any atom is 0.197 e. The number of nitrogens with two attached hydrogens (primary N) is 2. The molecule has 5 N–H and O–H groups in total. The Kier molecular flexibility index (Phi) is 5.15. The van der Waals surface area contributed by atoms with Crippen LogP contribution in [0, 0.1) is 0 Å². The average Bonchev–Trinajstić information content (AvgIpc) is 2.37. The van der Waals surface area contributed by atoms with Crippen molar-refractivity contribution < 1.29 is 0 Å². The van der Waals surface area contributed by atoms with Gasteiger partial charge in [0.15, 0.2) is 5.16 Å². The van der Waals surface area contributed by atoms with Gasteiger partial charge in [0.1, 0.15) is 28.3 Å². The fourth-order valence-electron chi connectivity index (χ4n) is 1.73. The molecule has 21 heavy (non-hydrogen) atoms. The summed E-state index contributed by atoms with van der Waals surface area (Å²) >= 11 is 1.32. The monoisotopic (exact) mass is 305 g/mol. The first-order valence-corrected chi connectivity index (χ1v) is 7.62. The van der Waals surface area contributed by atoms with Crippen LogP contribution >= 0.6 is 11.8 Å². The van der Waals surface area contributed by atoms with Gasteiger partial charge >= 0.3 is 0 Å². The molecule has 0 radical (unpaired) electrons. The van der Waals surface area contributed by atoms with Gasteiger partial charge in [-0.1, -0.05) is 6.92 Å². The molecule has 112 valence electrons. The van der Waals surface area contributed by atoms with E-state index >= 15 is 0 Å². The summed E-state index contributed by atoms with van der Waals surface area (Å²) in [5, 5.41) is 4.46. The zero-order chi connectivity index (χ0) is 15.2. The van der Waals surface area contributed by atoms with Gasteiger partial charge in [-0.05, 0) is 25.1 Å². The van der Waals surface area contributed by atoms with Gasteiger partial charge in [0.05, 0.1) is 0 Å². The van der Waals surface area contributed by atoms with Crippen LogP contribution in [0.15, 0.2) is 22.3 Å². The van der Waals surface area contributed by atoms with Crippen molar-refractivity contribution in [3.05, 3.63) is 18.0 Å². The van der Waals surface area contributed by atoms with E-state index in [1.807, 2.05) is 13.0 Å². The maximum absolute atomic E-state index is 5.68. The van der Waals surface area contributed by atoms with Crippen LogP contribution in [0.3, 0.4) is 0 Å². The Hall–Kier alpha value is -2.09. The Balaban J connectivity index is 2.28. The van der Waals surface area contributed by atoms with Crippen molar-refractivity contribution in [1.82, 2.24) is 19.9 Å². The van der Waals surface area contributed by atoms with Crippen molar-refractivity contribution in [3.8, 4) is 0 Å². The average molecular weight is 305 g/mol. The van der Waals surface area contributed by atoms with Crippen LogP contribution in [-0.2, 0) is 6.42 Å². The Morgan fingerprint density at radius 2 is 1.76 bits per heavy atom. The van der Waals surface area contributed by atoms with E-state index in [9.17, 15) is 0 Å². The Labute approximate surface area is 128 Å². The van der Waals surface area contributed by atoms with Crippen molar-refractivity contribution in [3.63, 3.8) is 0 Å². The summed E-state index contributed by atoms with van der Waals surface area (Å²) in [5.41, 5.74) is 11.4. The third kappa shape index (κ3) is 4.45. The lowest BCUT2D eigenvalue weighted by molar-refractivity contribution is 0.809. The minimum absolute atomic E-state index is 0.347. The van der Waals surface area contributed by atoms with Gasteiger partial charge in [-0.25, -0.2) is 19.9 Å². The van der Waals surface area contributed by atoms with Gasteiger partial charge in [-0.15, -0.1) is 0 Å². The fourth-order valence-corrected chi connectivity index (χ4v) is 2.54. The van der Waals surface area contributed by atoms with E-state index in [4.69, 9.17) is 11.5 Å². The zero-order valence-corrected chi connectivity index (χ0v) is 12.9. The van der Waals surface area contributed by atoms with Crippen molar-refractivity contribution >= 4 is 29.2 Å². The number of nitrogens with zero attached hydrogens (tertiary/aromatic N) is 4. The predicted octanol–water partition coefficient (Wildman–Crippen LogP) is 1.97. The first-order valence-electron chi connectivity index (χ1n) is 6.80. The topological polar surface area (TPSA) is 116 Å². The summed E-state index contributed by atoms with van der Waals surface area (Å²) in [7, 11) is 0. The van der Waals surface area contributed by atoms with E-state index in [1.165, 1.54) is 17.8 Å². The lowest BCUT2D eigenvalue weighted by Gasteiger charge is -2.08. The quantitative estimate of drug-likeness (QED) is 0.548. The molecule has 7 nitrogen and oxygen atoms in total. The van der Waals surface area contributed by atoms with E-state index in [2.05, 4.69) is 32.2 Å². The Morgan fingerprint density at radius 3 is 2.38 bits per heavy atom. The molecule has 2 aromatic heterocycles. The normalized spacial score (nSPS) is 10.6. The van der Waals surface area contributed by atoms with Gasteiger partial charge in [-0.3, -0.25) is 0 Å². The molecule has 2 heterocycles. The third-order valence-electron chi connectivity index (χ3n) is 2.52. The maximum atomic E-state index is 5.68. The van der Waals surface area contributed by atoms with Crippen LogP contribution in [0.2, 0.25) is 0 Å². The molecule has 8 heteroatoms. The standard InChI is InChI=1S/C13H19N7S/c1-3-5-10-19-11(16-4-2)7-12(20-10)21-13-17-8(14)6-9(15)18-13/h6-7H,3-5H2,1-2H3,(H,16,19,20)(H4,14,15,17,18). The van der Waals surface area contributed by atoms with Crippen LogP contribution in [-0.4, -0.2) is 26.5 Å². The van der Waals surface area contributed by atoms with Gasteiger partial charge < -0.3 is 16.8 Å². The summed E-state index contributed by atoms with van der Waals surface area (Å²) in [5.74, 6) is 2.30. The highest BCUT2D eigenvalue weighted by Crippen LogP contribution is 2.26. The second kappa shape index (κ2) is 7.07. The molecule has 0 amide bonds. The number of hydrogen-bond acceptors (Lipinski definition) is 8. The summed E-state index contributed by atoms with van der Waals surface area (Å²) in [4.78, 5) is 17.3. The largest absolute Gasteiger partial charge is 0.383 e. The van der Waals surface area contributed by atoms with Crippen LogP contribution in [0.1, 0.15) is 26.1 Å². The molecule has 0 bridgehead atoms. The minimum atomic E-state index is 0.347. The number of nitrogen functional groups attached to an aromatic ring is 2. The van der Waals surface area contributed by atoms with E-state index in [-0.39, 0.29) is 0 Å². The zero-order valence-electron chi connectivity index (χ0n) is 12.1. The smallest absolute Gasteiger partial charge is 0.197 e. The molecule has 2 aromatic rings. The lowest BCUT2D eigenvalue weighted by atomic mass is 10.3. The molecule has 2 rings (SSSR count). The number of aryl methyl sites for hydroxylation is 1.